The quantitative estimate of drug-likeness (QED) is 0.573. The van der Waals surface area contributed by atoms with E-state index in [4.69, 9.17) is 16.2 Å². The first kappa shape index (κ1) is 8.46. The van der Waals surface area contributed by atoms with E-state index in [9.17, 15) is 0 Å². The molecule has 2 heterocycles. The van der Waals surface area contributed by atoms with Crippen LogP contribution in [0, 0.1) is 0 Å². The molecular weight excluding hydrogens is 170 g/mol. The van der Waals surface area contributed by atoms with Crippen molar-refractivity contribution < 1.29 is 4.74 Å². The summed E-state index contributed by atoms with van der Waals surface area (Å²) in [5.74, 6) is 1.18. The summed E-state index contributed by atoms with van der Waals surface area (Å²) < 4.78 is 6.76. The van der Waals surface area contributed by atoms with Gasteiger partial charge in [-0.05, 0) is 0 Å². The molecule has 2 rings (SSSR count). The van der Waals surface area contributed by atoms with Crippen molar-refractivity contribution in [2.24, 2.45) is 12.8 Å². The maximum absolute atomic E-state index is 5.82. The van der Waals surface area contributed by atoms with E-state index in [2.05, 4.69) is 10.1 Å². The van der Waals surface area contributed by atoms with Gasteiger partial charge in [0.2, 0.25) is 5.95 Å². The van der Waals surface area contributed by atoms with Crippen LogP contribution < -0.4 is 11.5 Å². The van der Waals surface area contributed by atoms with Gasteiger partial charge in [-0.2, -0.15) is 10.1 Å². The normalized spacial score (nSPS) is 28.2. The molecule has 0 spiro atoms. The van der Waals surface area contributed by atoms with Gasteiger partial charge in [-0.3, -0.25) is 0 Å². The topological polar surface area (TPSA) is 92.0 Å². The number of nitrogens with two attached hydrogens (primary N) is 2. The highest BCUT2D eigenvalue weighted by atomic mass is 16.5. The van der Waals surface area contributed by atoms with E-state index in [1.165, 1.54) is 0 Å². The van der Waals surface area contributed by atoms with E-state index in [1.54, 1.807) is 11.7 Å². The van der Waals surface area contributed by atoms with Crippen LogP contribution in [0.3, 0.4) is 0 Å². The van der Waals surface area contributed by atoms with Crippen LogP contribution in [0.25, 0.3) is 0 Å². The van der Waals surface area contributed by atoms with Gasteiger partial charge in [-0.1, -0.05) is 0 Å². The smallest absolute Gasteiger partial charge is 0.218 e. The largest absolute Gasteiger partial charge is 0.379 e. The second-order valence-corrected chi connectivity index (χ2v) is 3.26. The Hall–Kier alpha value is -1.14. The van der Waals surface area contributed by atoms with Crippen molar-refractivity contribution in [3.63, 3.8) is 0 Å². The maximum atomic E-state index is 5.82. The van der Waals surface area contributed by atoms with E-state index in [0.717, 1.165) is 0 Å². The fraction of sp³-hybridized carbons (Fsp3) is 0.714. The first-order valence-corrected chi connectivity index (χ1v) is 4.18. The molecular formula is C7H13N5O. The number of ether oxygens (including phenoxy) is 1. The fourth-order valence-electron chi connectivity index (χ4n) is 1.41. The number of rotatable bonds is 1. The molecule has 2 atom stereocenters. The number of aromatic nitrogens is 3. The van der Waals surface area contributed by atoms with Gasteiger partial charge in [0.25, 0.3) is 0 Å². The van der Waals surface area contributed by atoms with Crippen LogP contribution in [-0.4, -0.2) is 34.0 Å². The van der Waals surface area contributed by atoms with Gasteiger partial charge < -0.3 is 16.2 Å². The fourth-order valence-corrected chi connectivity index (χ4v) is 1.41. The Bertz CT molecular complexity index is 290. The molecule has 2 unspecified atom stereocenters. The molecule has 1 aliphatic rings. The van der Waals surface area contributed by atoms with E-state index >= 15 is 0 Å². The van der Waals surface area contributed by atoms with E-state index < -0.39 is 0 Å². The third-order valence-corrected chi connectivity index (χ3v) is 2.27. The van der Waals surface area contributed by atoms with Crippen molar-refractivity contribution in [1.29, 1.82) is 0 Å². The lowest BCUT2D eigenvalue weighted by Gasteiger charge is -2.07. The van der Waals surface area contributed by atoms with Crippen LogP contribution in [0.2, 0.25) is 0 Å². The predicted molar refractivity (Wildman–Crippen MR) is 47.0 cm³/mol. The van der Waals surface area contributed by atoms with Crippen LogP contribution in [0.4, 0.5) is 5.95 Å². The standard InChI is InChI=1S/C7H13N5O/c1-12-7(9)10-6(11-12)4-2-13-3-5(4)8/h4-5H,2-3,8H2,1H3,(H2,9,10,11). The summed E-state index contributed by atoms with van der Waals surface area (Å²) in [7, 11) is 1.76. The highest BCUT2D eigenvalue weighted by molar-refractivity contribution is 5.18. The summed E-state index contributed by atoms with van der Waals surface area (Å²) in [4.78, 5) is 4.11. The summed E-state index contributed by atoms with van der Waals surface area (Å²) in [5.41, 5.74) is 11.4. The second kappa shape index (κ2) is 2.97. The molecule has 72 valence electrons. The third kappa shape index (κ3) is 1.38. The molecule has 1 saturated heterocycles. The summed E-state index contributed by atoms with van der Waals surface area (Å²) in [6, 6.07) is -0.0122. The number of anilines is 1. The van der Waals surface area contributed by atoms with Crippen LogP contribution in [0.5, 0.6) is 0 Å². The van der Waals surface area contributed by atoms with Crippen molar-refractivity contribution in [3.8, 4) is 0 Å². The molecule has 0 aliphatic carbocycles. The van der Waals surface area contributed by atoms with Gasteiger partial charge in [0, 0.05) is 13.1 Å². The van der Waals surface area contributed by atoms with Gasteiger partial charge >= 0.3 is 0 Å². The van der Waals surface area contributed by atoms with E-state index in [-0.39, 0.29) is 12.0 Å². The Morgan fingerprint density at radius 2 is 2.31 bits per heavy atom. The summed E-state index contributed by atoms with van der Waals surface area (Å²) in [6.45, 7) is 1.16. The predicted octanol–water partition coefficient (Wildman–Crippen LogP) is -1.16. The molecule has 6 heteroatoms. The summed E-state index contributed by atoms with van der Waals surface area (Å²) in [6.07, 6.45) is 0. The van der Waals surface area contributed by atoms with Crippen LogP contribution in [-0.2, 0) is 11.8 Å². The Labute approximate surface area is 75.9 Å². The molecule has 1 aromatic rings. The molecule has 0 aromatic carbocycles. The number of nitrogens with zero attached hydrogens (tertiary/aromatic N) is 3. The van der Waals surface area contributed by atoms with Gasteiger partial charge in [0.15, 0.2) is 5.82 Å². The van der Waals surface area contributed by atoms with Crippen molar-refractivity contribution in [2.45, 2.75) is 12.0 Å². The first-order valence-electron chi connectivity index (χ1n) is 4.18. The Morgan fingerprint density at radius 3 is 2.77 bits per heavy atom. The van der Waals surface area contributed by atoms with Crippen LogP contribution >= 0.6 is 0 Å². The number of hydrogen-bond acceptors (Lipinski definition) is 5. The van der Waals surface area contributed by atoms with Crippen LogP contribution in [0.1, 0.15) is 11.7 Å². The average molecular weight is 183 g/mol. The van der Waals surface area contributed by atoms with Crippen LogP contribution in [0.15, 0.2) is 0 Å². The third-order valence-electron chi connectivity index (χ3n) is 2.27. The zero-order valence-corrected chi connectivity index (χ0v) is 7.47. The van der Waals surface area contributed by atoms with Gasteiger partial charge in [0.05, 0.1) is 19.1 Å². The molecule has 13 heavy (non-hydrogen) atoms. The van der Waals surface area contributed by atoms with Gasteiger partial charge in [-0.15, -0.1) is 0 Å². The first-order chi connectivity index (χ1) is 6.18. The molecule has 0 saturated carbocycles. The number of aryl methyl sites for hydroxylation is 1. The molecule has 6 nitrogen and oxygen atoms in total. The zero-order valence-electron chi connectivity index (χ0n) is 7.47. The highest BCUT2D eigenvalue weighted by Crippen LogP contribution is 2.21. The molecule has 0 amide bonds. The molecule has 1 fully saturated rings. The molecule has 4 N–H and O–H groups in total. The van der Waals surface area contributed by atoms with Gasteiger partial charge in [0.1, 0.15) is 0 Å². The van der Waals surface area contributed by atoms with Crippen molar-refractivity contribution in [1.82, 2.24) is 14.8 Å². The number of nitrogen functional groups attached to an aromatic ring is 1. The average Bonchev–Trinajstić information content (AvgIpc) is 2.60. The SMILES string of the molecule is Cn1nc(C2COCC2N)nc1N. The second-order valence-electron chi connectivity index (χ2n) is 3.26. The zero-order chi connectivity index (χ0) is 9.42. The van der Waals surface area contributed by atoms with E-state index in [0.29, 0.717) is 25.0 Å². The monoisotopic (exact) mass is 183 g/mol. The minimum atomic E-state index is -0.0122. The maximum Gasteiger partial charge on any atom is 0.218 e. The Morgan fingerprint density at radius 1 is 1.54 bits per heavy atom. The lowest BCUT2D eigenvalue weighted by atomic mass is 10.0. The summed E-state index contributed by atoms with van der Waals surface area (Å²) in [5, 5.41) is 4.16. The minimum Gasteiger partial charge on any atom is -0.379 e. The minimum absolute atomic E-state index is 0.0122. The van der Waals surface area contributed by atoms with Crippen molar-refractivity contribution >= 4 is 5.95 Å². The highest BCUT2D eigenvalue weighted by Gasteiger charge is 2.30. The Balaban J connectivity index is 2.24. The molecule has 0 radical (unpaired) electrons. The lowest BCUT2D eigenvalue weighted by molar-refractivity contribution is 0.190. The molecule has 1 aromatic heterocycles. The van der Waals surface area contributed by atoms with Crippen molar-refractivity contribution in [2.75, 3.05) is 18.9 Å². The van der Waals surface area contributed by atoms with Gasteiger partial charge in [-0.25, -0.2) is 4.68 Å². The number of hydrogen-bond donors (Lipinski definition) is 2. The van der Waals surface area contributed by atoms with E-state index in [1.807, 2.05) is 0 Å². The van der Waals surface area contributed by atoms with Crippen molar-refractivity contribution in [3.05, 3.63) is 5.82 Å². The summed E-state index contributed by atoms with van der Waals surface area (Å²) >= 11 is 0. The molecule has 1 aliphatic heterocycles. The Kier molecular flexibility index (Phi) is 1.93. The lowest BCUT2D eigenvalue weighted by Crippen LogP contribution is -2.27. The molecule has 0 bridgehead atoms.